The molecule has 1 unspecified atom stereocenters. The van der Waals surface area contributed by atoms with Gasteiger partial charge in [0.25, 0.3) is 0 Å². The number of anilines is 1. The van der Waals surface area contributed by atoms with Gasteiger partial charge in [0.15, 0.2) is 0 Å². The first-order chi connectivity index (χ1) is 13.0. The zero-order chi connectivity index (χ0) is 19.0. The molecule has 0 spiro atoms. The van der Waals surface area contributed by atoms with E-state index in [1.54, 1.807) is 18.4 Å². The lowest BCUT2D eigenvalue weighted by molar-refractivity contribution is 0.539. The average Bonchev–Trinajstić information content (AvgIpc) is 3.10. The van der Waals surface area contributed by atoms with Gasteiger partial charge >= 0.3 is 0 Å². The molecule has 0 bridgehead atoms. The first kappa shape index (κ1) is 18.2. The van der Waals surface area contributed by atoms with Gasteiger partial charge in [-0.05, 0) is 29.7 Å². The van der Waals surface area contributed by atoms with Crippen LogP contribution in [0.4, 0.5) is 5.69 Å². The molecule has 0 amide bonds. The number of para-hydroxylation sites is 1. The van der Waals surface area contributed by atoms with Crippen molar-refractivity contribution < 1.29 is 8.42 Å². The molecule has 27 heavy (non-hydrogen) atoms. The second kappa shape index (κ2) is 7.07. The maximum atomic E-state index is 12.5. The maximum absolute atomic E-state index is 12.5. The fraction of sp³-hybridized carbons (Fsp3) is 0.250. The average molecular weight is 400 g/mol. The molecule has 1 aromatic heterocycles. The number of hydrogen-bond donors (Lipinski definition) is 1. The van der Waals surface area contributed by atoms with Crippen molar-refractivity contribution in [2.45, 2.75) is 19.5 Å². The summed E-state index contributed by atoms with van der Waals surface area (Å²) >= 11 is 1.64. The van der Waals surface area contributed by atoms with Crippen LogP contribution in [0, 0.1) is 6.92 Å². The van der Waals surface area contributed by atoms with E-state index in [1.165, 1.54) is 9.18 Å². The van der Waals surface area contributed by atoms with E-state index in [0.29, 0.717) is 6.54 Å². The van der Waals surface area contributed by atoms with Gasteiger partial charge in [-0.15, -0.1) is 11.3 Å². The van der Waals surface area contributed by atoms with Crippen LogP contribution in [-0.4, -0.2) is 26.2 Å². The van der Waals surface area contributed by atoms with Gasteiger partial charge in [-0.2, -0.15) is 0 Å². The Hall–Kier alpha value is -2.22. The van der Waals surface area contributed by atoms with Gasteiger partial charge < -0.3 is 5.32 Å². The molecular formula is C20H21N3O2S2. The second-order valence-electron chi connectivity index (χ2n) is 6.70. The zero-order valence-electron chi connectivity index (χ0n) is 15.2. The molecule has 2 heterocycles. The van der Waals surface area contributed by atoms with Crippen LogP contribution in [0.25, 0.3) is 10.4 Å². The quantitative estimate of drug-likeness (QED) is 0.726. The van der Waals surface area contributed by atoms with Crippen molar-refractivity contribution in [2.75, 3.05) is 17.1 Å². The molecular weight excluding hydrogens is 378 g/mol. The van der Waals surface area contributed by atoms with E-state index in [1.807, 2.05) is 36.7 Å². The van der Waals surface area contributed by atoms with Gasteiger partial charge in [0.05, 0.1) is 33.6 Å². The maximum Gasteiger partial charge on any atom is 0.236 e. The van der Waals surface area contributed by atoms with Crippen LogP contribution in [0.3, 0.4) is 0 Å². The predicted octanol–water partition coefficient (Wildman–Crippen LogP) is 3.73. The second-order valence-corrected chi connectivity index (χ2v) is 9.60. The van der Waals surface area contributed by atoms with E-state index < -0.39 is 10.0 Å². The summed E-state index contributed by atoms with van der Waals surface area (Å²) in [5, 5.41) is 3.42. The van der Waals surface area contributed by atoms with E-state index in [4.69, 9.17) is 0 Å². The minimum absolute atomic E-state index is 0.0681. The van der Waals surface area contributed by atoms with Crippen LogP contribution in [0.2, 0.25) is 0 Å². The number of benzene rings is 2. The van der Waals surface area contributed by atoms with Crippen molar-refractivity contribution in [3.63, 3.8) is 0 Å². The number of fused-ring (bicyclic) bond motifs is 1. The lowest BCUT2D eigenvalue weighted by atomic mass is 10.0. The monoisotopic (exact) mass is 399 g/mol. The minimum atomic E-state index is -3.30. The van der Waals surface area contributed by atoms with E-state index in [-0.39, 0.29) is 11.8 Å². The SMILES string of the molecule is Cc1ncsc1-c1ccc(CNC2CS(=O)(=O)N(C)c3ccccc32)cc1. The highest BCUT2D eigenvalue weighted by atomic mass is 32.2. The number of thiazole rings is 1. The van der Waals surface area contributed by atoms with Gasteiger partial charge in [-0.25, -0.2) is 13.4 Å². The van der Waals surface area contributed by atoms with Gasteiger partial charge in [0, 0.05) is 13.6 Å². The Kier molecular flexibility index (Phi) is 4.75. The highest BCUT2D eigenvalue weighted by molar-refractivity contribution is 7.92. The first-order valence-corrected chi connectivity index (χ1v) is 11.2. The molecule has 0 aliphatic carbocycles. The molecule has 0 saturated heterocycles. The van der Waals surface area contributed by atoms with Crippen LogP contribution in [-0.2, 0) is 16.6 Å². The summed E-state index contributed by atoms with van der Waals surface area (Å²) < 4.78 is 26.3. The van der Waals surface area contributed by atoms with Gasteiger partial charge in [0.1, 0.15) is 0 Å². The Morgan fingerprint density at radius 1 is 1.19 bits per heavy atom. The van der Waals surface area contributed by atoms with E-state index >= 15 is 0 Å². The largest absolute Gasteiger partial charge is 0.305 e. The molecule has 1 aliphatic heterocycles. The van der Waals surface area contributed by atoms with Crippen LogP contribution in [0.15, 0.2) is 54.0 Å². The molecule has 4 rings (SSSR count). The van der Waals surface area contributed by atoms with Gasteiger partial charge in [0.2, 0.25) is 10.0 Å². The van der Waals surface area contributed by atoms with Crippen LogP contribution >= 0.6 is 11.3 Å². The highest BCUT2D eigenvalue weighted by Gasteiger charge is 2.33. The Morgan fingerprint density at radius 3 is 2.63 bits per heavy atom. The normalized spacial score (nSPS) is 18.3. The zero-order valence-corrected chi connectivity index (χ0v) is 16.8. The third-order valence-corrected chi connectivity index (χ3v) is 7.72. The van der Waals surface area contributed by atoms with Crippen LogP contribution in [0.5, 0.6) is 0 Å². The van der Waals surface area contributed by atoms with Gasteiger partial charge in [-0.3, -0.25) is 4.31 Å². The Labute approximate surface area is 163 Å². The lowest BCUT2D eigenvalue weighted by Crippen LogP contribution is -2.41. The molecule has 3 aromatic rings. The number of aromatic nitrogens is 1. The summed E-state index contributed by atoms with van der Waals surface area (Å²) in [7, 11) is -1.69. The first-order valence-electron chi connectivity index (χ1n) is 8.74. The third-order valence-electron chi connectivity index (χ3n) is 4.96. The molecule has 140 valence electrons. The lowest BCUT2D eigenvalue weighted by Gasteiger charge is -2.33. The molecule has 1 aliphatic rings. The summed E-state index contributed by atoms with van der Waals surface area (Å²) in [6.45, 7) is 2.62. The molecule has 7 heteroatoms. The summed E-state index contributed by atoms with van der Waals surface area (Å²) in [5.74, 6) is 0.0681. The standard InChI is InChI=1S/C20H21N3O2S2/c1-14-20(26-13-22-14)16-9-7-15(8-10-16)11-21-18-12-27(24,25)23(2)19-6-4-3-5-17(18)19/h3-10,13,18,21H,11-12H2,1-2H3. The minimum Gasteiger partial charge on any atom is -0.305 e. The smallest absolute Gasteiger partial charge is 0.236 e. The summed E-state index contributed by atoms with van der Waals surface area (Å²) in [6, 6.07) is 15.8. The molecule has 5 nitrogen and oxygen atoms in total. The number of nitrogens with one attached hydrogen (secondary N) is 1. The van der Waals surface area contributed by atoms with Crippen molar-refractivity contribution in [1.29, 1.82) is 0 Å². The number of aryl methyl sites for hydroxylation is 1. The van der Waals surface area contributed by atoms with Crippen molar-refractivity contribution in [3.05, 3.63) is 70.9 Å². The summed E-state index contributed by atoms with van der Waals surface area (Å²) in [4.78, 5) is 5.48. The number of sulfonamides is 1. The number of hydrogen-bond acceptors (Lipinski definition) is 5. The molecule has 0 saturated carbocycles. The predicted molar refractivity (Wildman–Crippen MR) is 110 cm³/mol. The highest BCUT2D eigenvalue weighted by Crippen LogP contribution is 2.34. The fourth-order valence-corrected chi connectivity index (χ4v) is 5.61. The van der Waals surface area contributed by atoms with Crippen molar-refractivity contribution in [1.82, 2.24) is 10.3 Å². The summed E-state index contributed by atoms with van der Waals surface area (Å²) in [6.07, 6.45) is 0. The van der Waals surface area contributed by atoms with E-state index in [2.05, 4.69) is 34.6 Å². The fourth-order valence-electron chi connectivity index (χ4n) is 3.39. The molecule has 2 aromatic carbocycles. The summed E-state index contributed by atoms with van der Waals surface area (Å²) in [5.41, 5.74) is 6.95. The van der Waals surface area contributed by atoms with E-state index in [9.17, 15) is 8.42 Å². The number of rotatable bonds is 4. The van der Waals surface area contributed by atoms with Crippen molar-refractivity contribution in [2.24, 2.45) is 0 Å². The molecule has 1 N–H and O–H groups in total. The van der Waals surface area contributed by atoms with E-state index in [0.717, 1.165) is 28.1 Å². The number of nitrogens with zero attached hydrogens (tertiary/aromatic N) is 2. The molecule has 0 fully saturated rings. The van der Waals surface area contributed by atoms with Gasteiger partial charge in [-0.1, -0.05) is 42.5 Å². The Bertz CT molecular complexity index is 1060. The van der Waals surface area contributed by atoms with Crippen molar-refractivity contribution in [3.8, 4) is 10.4 Å². The Balaban J connectivity index is 1.52. The molecule has 0 radical (unpaired) electrons. The Morgan fingerprint density at radius 2 is 1.93 bits per heavy atom. The van der Waals surface area contributed by atoms with Crippen LogP contribution < -0.4 is 9.62 Å². The van der Waals surface area contributed by atoms with Crippen LogP contribution in [0.1, 0.15) is 22.9 Å². The third kappa shape index (κ3) is 3.50. The molecule has 1 atom stereocenters. The van der Waals surface area contributed by atoms with Crippen molar-refractivity contribution >= 4 is 27.0 Å². The topological polar surface area (TPSA) is 62.3 Å².